The highest BCUT2D eigenvalue weighted by molar-refractivity contribution is 7.13. The lowest BCUT2D eigenvalue weighted by atomic mass is 10.1. The fourth-order valence-corrected chi connectivity index (χ4v) is 3.69. The second-order valence-corrected chi connectivity index (χ2v) is 11.1. The summed E-state index contributed by atoms with van der Waals surface area (Å²) in [7, 11) is 0. The van der Waals surface area contributed by atoms with Crippen LogP contribution in [0.3, 0.4) is 0 Å². The number of aryl methyl sites for hydroxylation is 2. The van der Waals surface area contributed by atoms with Crippen LogP contribution in [-0.4, -0.2) is 45.3 Å². The molecule has 202 valence electrons. The molecule has 2 rings (SSSR count). The van der Waals surface area contributed by atoms with Gasteiger partial charge >= 0.3 is 18.2 Å². The maximum atomic E-state index is 12.5. The van der Waals surface area contributed by atoms with E-state index in [-0.39, 0.29) is 12.5 Å². The number of anilines is 1. The van der Waals surface area contributed by atoms with Gasteiger partial charge in [0.15, 0.2) is 5.13 Å². The molecular weight excluding hydrogens is 498 g/mol. The number of nitrogens with one attached hydrogen (secondary N) is 3. The maximum absolute atomic E-state index is 12.5. The van der Waals surface area contributed by atoms with Crippen molar-refractivity contribution in [2.45, 2.75) is 79.1 Å². The maximum Gasteiger partial charge on any atom is 0.439 e. The summed E-state index contributed by atoms with van der Waals surface area (Å²) >= 11 is 1.37. The Kier molecular flexibility index (Phi) is 10.0. The van der Waals surface area contributed by atoms with Crippen LogP contribution in [0.15, 0.2) is 29.6 Å². The van der Waals surface area contributed by atoms with E-state index in [9.17, 15) is 19.2 Å². The molecule has 0 unspecified atom stereocenters. The van der Waals surface area contributed by atoms with Crippen LogP contribution in [0.25, 0.3) is 0 Å². The van der Waals surface area contributed by atoms with E-state index in [1.54, 1.807) is 41.5 Å². The van der Waals surface area contributed by atoms with Gasteiger partial charge in [-0.1, -0.05) is 24.3 Å². The Morgan fingerprint density at radius 2 is 1.54 bits per heavy atom. The third-order valence-corrected chi connectivity index (χ3v) is 5.12. The lowest BCUT2D eigenvalue weighted by Gasteiger charge is -2.28. The number of aromatic nitrogens is 1. The summed E-state index contributed by atoms with van der Waals surface area (Å²) in [5, 5.41) is 8.18. The van der Waals surface area contributed by atoms with Gasteiger partial charge in [0.2, 0.25) is 5.91 Å². The molecule has 0 aliphatic rings. The van der Waals surface area contributed by atoms with Crippen LogP contribution < -0.4 is 16.1 Å². The Morgan fingerprint density at radius 3 is 2.11 bits per heavy atom. The molecule has 1 heterocycles. The van der Waals surface area contributed by atoms with E-state index in [0.717, 1.165) is 16.8 Å². The number of carbonyl (C=O) groups is 4. The summed E-state index contributed by atoms with van der Waals surface area (Å²) < 4.78 is 10.4. The molecule has 0 aliphatic carbocycles. The van der Waals surface area contributed by atoms with Gasteiger partial charge in [-0.2, -0.15) is 0 Å². The largest absolute Gasteiger partial charge is 0.442 e. The van der Waals surface area contributed by atoms with Crippen LogP contribution in [0, 0.1) is 0 Å². The lowest BCUT2D eigenvalue weighted by Crippen LogP contribution is -2.55. The van der Waals surface area contributed by atoms with Crippen molar-refractivity contribution in [3.8, 4) is 0 Å². The number of hydrogen-bond acceptors (Lipinski definition) is 8. The van der Waals surface area contributed by atoms with Crippen LogP contribution in [0.2, 0.25) is 0 Å². The summed E-state index contributed by atoms with van der Waals surface area (Å²) in [6, 6.07) is 6.86. The molecule has 1 aromatic carbocycles. The average Bonchev–Trinajstić information content (AvgIpc) is 3.19. The Hall–Kier alpha value is -3.67. The van der Waals surface area contributed by atoms with Crippen LogP contribution in [0.1, 0.15) is 65.3 Å². The van der Waals surface area contributed by atoms with Gasteiger partial charge in [-0.3, -0.25) is 4.79 Å². The van der Waals surface area contributed by atoms with E-state index in [0.29, 0.717) is 23.0 Å². The zero-order valence-electron chi connectivity index (χ0n) is 22.3. The van der Waals surface area contributed by atoms with E-state index in [1.165, 1.54) is 18.3 Å². The monoisotopic (exact) mass is 533 g/mol. The predicted molar refractivity (Wildman–Crippen MR) is 140 cm³/mol. The minimum absolute atomic E-state index is 0.152. The summed E-state index contributed by atoms with van der Waals surface area (Å²) in [6.07, 6.45) is -0.729. The Bertz CT molecular complexity index is 1090. The summed E-state index contributed by atoms with van der Waals surface area (Å²) in [6.45, 7) is 11.4. The molecule has 0 saturated carbocycles. The Labute approximate surface area is 220 Å². The van der Waals surface area contributed by atoms with Crippen LogP contribution >= 0.6 is 11.3 Å². The van der Waals surface area contributed by atoms with Gasteiger partial charge in [-0.05, 0) is 65.5 Å². The normalized spacial score (nSPS) is 11.3. The van der Waals surface area contributed by atoms with Crippen LogP contribution in [0.5, 0.6) is 0 Å². The fourth-order valence-electron chi connectivity index (χ4n) is 2.90. The molecule has 0 saturated heterocycles. The first kappa shape index (κ1) is 29.6. The van der Waals surface area contributed by atoms with Gasteiger partial charge in [-0.25, -0.2) is 24.8 Å². The smallest absolute Gasteiger partial charge is 0.439 e. The first-order valence-electron chi connectivity index (χ1n) is 11.7. The number of rotatable bonds is 6. The van der Waals surface area contributed by atoms with Crippen molar-refractivity contribution < 1.29 is 28.7 Å². The van der Waals surface area contributed by atoms with Crippen molar-refractivity contribution in [3.05, 3.63) is 46.5 Å². The number of hydrogen-bond donors (Lipinski definition) is 3. The summed E-state index contributed by atoms with van der Waals surface area (Å²) in [5.74, 6) is -0.162. The third kappa shape index (κ3) is 11.3. The first-order chi connectivity index (χ1) is 17.1. The molecule has 0 bridgehead atoms. The summed E-state index contributed by atoms with van der Waals surface area (Å²) in [5.41, 5.74) is 3.17. The number of carbonyl (C=O) groups excluding carboxylic acids is 4. The highest BCUT2D eigenvalue weighted by Gasteiger charge is 2.32. The molecule has 12 heteroatoms. The second-order valence-electron chi connectivity index (χ2n) is 10.2. The van der Waals surface area contributed by atoms with E-state index < -0.39 is 29.4 Å². The highest BCUT2D eigenvalue weighted by Crippen LogP contribution is 2.18. The minimum Gasteiger partial charge on any atom is -0.442 e. The van der Waals surface area contributed by atoms with Crippen molar-refractivity contribution in [2.75, 3.05) is 5.32 Å². The molecule has 0 fully saturated rings. The number of benzene rings is 1. The summed E-state index contributed by atoms with van der Waals surface area (Å²) in [4.78, 5) is 53.1. The van der Waals surface area contributed by atoms with Gasteiger partial charge in [0.05, 0.1) is 5.69 Å². The van der Waals surface area contributed by atoms with Gasteiger partial charge in [0, 0.05) is 18.8 Å². The molecule has 0 atom stereocenters. The molecule has 11 nitrogen and oxygen atoms in total. The Morgan fingerprint density at radius 1 is 0.946 bits per heavy atom. The molecule has 5 amide bonds. The van der Waals surface area contributed by atoms with Crippen molar-refractivity contribution in [3.63, 3.8) is 0 Å². The van der Waals surface area contributed by atoms with Crippen LogP contribution in [-0.2, 0) is 33.7 Å². The molecular formula is C25H35N5O6S. The van der Waals surface area contributed by atoms with Gasteiger partial charge in [0.1, 0.15) is 11.2 Å². The van der Waals surface area contributed by atoms with Gasteiger partial charge < -0.3 is 20.1 Å². The third-order valence-electron chi connectivity index (χ3n) is 4.31. The standard InChI is InChI=1S/C25H35N5O6S/c1-16(31)27-21-28-19(15-37-21)12-11-17-9-8-10-18(13-17)14-26-20(32)29-30(22(33)35-24(2,3)4)23(34)36-25(5,6)7/h8-10,13,15H,11-12,14H2,1-7H3,(H2,26,29,32)(H,27,28,31). The van der Waals surface area contributed by atoms with Gasteiger partial charge in [0.25, 0.3) is 0 Å². The lowest BCUT2D eigenvalue weighted by molar-refractivity contribution is -0.114. The second kappa shape index (κ2) is 12.5. The molecule has 3 N–H and O–H groups in total. The number of amides is 5. The van der Waals surface area contributed by atoms with E-state index >= 15 is 0 Å². The van der Waals surface area contributed by atoms with Gasteiger partial charge in [-0.15, -0.1) is 16.3 Å². The molecule has 2 aromatic rings. The fraction of sp³-hybridized carbons (Fsp3) is 0.480. The quantitative estimate of drug-likeness (QED) is 0.454. The minimum atomic E-state index is -1.07. The number of thiazole rings is 1. The molecule has 0 radical (unpaired) electrons. The number of ether oxygens (including phenoxy) is 2. The van der Waals surface area contributed by atoms with Crippen molar-refractivity contribution in [1.82, 2.24) is 20.7 Å². The topological polar surface area (TPSA) is 139 Å². The van der Waals surface area contributed by atoms with Crippen molar-refractivity contribution in [2.24, 2.45) is 0 Å². The SMILES string of the molecule is CC(=O)Nc1nc(CCc2cccc(CNC(=O)NN(C(=O)OC(C)(C)C)C(=O)OC(C)(C)C)c2)cs1. The highest BCUT2D eigenvalue weighted by atomic mass is 32.1. The molecule has 0 spiro atoms. The van der Waals surface area contributed by atoms with Crippen molar-refractivity contribution >= 4 is 40.6 Å². The number of hydrazine groups is 1. The van der Waals surface area contributed by atoms with Crippen LogP contribution in [0.4, 0.5) is 19.5 Å². The number of nitrogens with zero attached hydrogens (tertiary/aromatic N) is 2. The van der Waals surface area contributed by atoms with E-state index in [2.05, 4.69) is 21.0 Å². The van der Waals surface area contributed by atoms with Crippen molar-refractivity contribution in [1.29, 1.82) is 0 Å². The average molecular weight is 534 g/mol. The zero-order valence-corrected chi connectivity index (χ0v) is 23.1. The van der Waals surface area contributed by atoms with E-state index in [1.807, 2.05) is 29.6 Å². The zero-order chi connectivity index (χ0) is 27.8. The molecule has 1 aromatic heterocycles. The number of urea groups is 1. The molecule has 0 aliphatic heterocycles. The number of imide groups is 1. The predicted octanol–water partition coefficient (Wildman–Crippen LogP) is 4.77. The van der Waals surface area contributed by atoms with E-state index in [4.69, 9.17) is 9.47 Å². The Balaban J connectivity index is 1.96. The first-order valence-corrected chi connectivity index (χ1v) is 12.6. The molecule has 37 heavy (non-hydrogen) atoms.